The molecule has 0 saturated heterocycles. The first kappa shape index (κ1) is 43.7. The average molecular weight is 726 g/mol. The molecule has 1 aliphatic rings. The summed E-state index contributed by atoms with van der Waals surface area (Å²) < 4.78 is 17.2. The molecular formula is C38H59N7O7. The van der Waals surface area contributed by atoms with E-state index >= 15 is 0 Å². The molecule has 1 aromatic rings. The Kier molecular flexibility index (Phi) is 16.3. The van der Waals surface area contributed by atoms with Crippen LogP contribution in [0.15, 0.2) is 66.4 Å². The summed E-state index contributed by atoms with van der Waals surface area (Å²) in [5, 5.41) is 9.45. The normalized spacial score (nSPS) is 16.6. The number of amides is 4. The summed E-state index contributed by atoms with van der Waals surface area (Å²) in [4.78, 5) is 52.1. The van der Waals surface area contributed by atoms with E-state index in [2.05, 4.69) is 29.1 Å². The Hall–Kier alpha value is -4.50. The lowest BCUT2D eigenvalue weighted by atomic mass is 9.88. The van der Waals surface area contributed by atoms with E-state index in [-0.39, 0.29) is 69.5 Å². The maximum absolute atomic E-state index is 13.9. The Morgan fingerprint density at radius 3 is 2.25 bits per heavy atom. The number of likely N-dealkylation sites (N-methyl/N-ethyl adjacent to an activating group) is 1. The maximum atomic E-state index is 13.9. The molecule has 1 aromatic carbocycles. The molecule has 0 saturated carbocycles. The van der Waals surface area contributed by atoms with Crippen LogP contribution in [0, 0.1) is 5.41 Å². The molecule has 0 aliphatic carbocycles. The minimum absolute atomic E-state index is 0.00726. The van der Waals surface area contributed by atoms with Crippen LogP contribution in [-0.4, -0.2) is 93.6 Å². The van der Waals surface area contributed by atoms with Crippen LogP contribution in [0.2, 0.25) is 0 Å². The summed E-state index contributed by atoms with van der Waals surface area (Å²) in [6, 6.07) is 7.29. The van der Waals surface area contributed by atoms with Gasteiger partial charge in [-0.1, -0.05) is 57.4 Å². The Morgan fingerprint density at radius 2 is 1.63 bits per heavy atom. The Labute approximate surface area is 308 Å². The molecule has 1 heterocycles. The van der Waals surface area contributed by atoms with Crippen molar-refractivity contribution in [3.63, 3.8) is 0 Å². The van der Waals surface area contributed by atoms with Gasteiger partial charge in [0.05, 0.1) is 47.8 Å². The van der Waals surface area contributed by atoms with E-state index in [0.717, 1.165) is 0 Å². The standard InChI is InChI=1S/C38H59N7O7/c1-11-26-22-44(32(48)17-19-43-30(46)21-37(5,6)51-20-18-36(3,4)35(49)42-10)29-16-14-13-15-28(29)34(33(39)27(26)12-2)45(40)24-38(7,8)52-25-50-23-31(47)41-9/h11-16H,1-2,17-25,39-40H2,3-10H3,(H,41,47)(H,42,49)(H,43,46)/b27-26-,34-33-. The molecule has 0 fully saturated rings. The third-order valence-corrected chi connectivity index (χ3v) is 8.61. The van der Waals surface area contributed by atoms with Gasteiger partial charge in [0.25, 0.3) is 0 Å². The lowest BCUT2D eigenvalue weighted by Crippen LogP contribution is -2.45. The molecule has 0 unspecified atom stereocenters. The minimum Gasteiger partial charge on any atom is -0.396 e. The van der Waals surface area contributed by atoms with E-state index < -0.39 is 16.6 Å². The number of nitrogens with one attached hydrogen (secondary N) is 3. The number of para-hydroxylation sites is 1. The van der Waals surface area contributed by atoms with Gasteiger partial charge >= 0.3 is 0 Å². The van der Waals surface area contributed by atoms with Gasteiger partial charge < -0.3 is 45.8 Å². The monoisotopic (exact) mass is 725 g/mol. The maximum Gasteiger partial charge on any atom is 0.245 e. The van der Waals surface area contributed by atoms with Gasteiger partial charge in [0.1, 0.15) is 13.4 Å². The number of benzene rings is 1. The lowest BCUT2D eigenvalue weighted by molar-refractivity contribution is -0.148. The molecule has 1 aliphatic heterocycles. The molecule has 2 rings (SSSR count). The van der Waals surface area contributed by atoms with Crippen LogP contribution < -0.4 is 32.4 Å². The third-order valence-electron chi connectivity index (χ3n) is 8.61. The van der Waals surface area contributed by atoms with Crippen molar-refractivity contribution in [3.05, 3.63) is 72.0 Å². The Balaban J connectivity index is 2.24. The number of nitrogens with two attached hydrogens (primary N) is 2. The van der Waals surface area contributed by atoms with Crippen molar-refractivity contribution in [1.29, 1.82) is 0 Å². The van der Waals surface area contributed by atoms with Gasteiger partial charge in [0.2, 0.25) is 23.6 Å². The van der Waals surface area contributed by atoms with Crippen LogP contribution >= 0.6 is 0 Å². The average Bonchev–Trinajstić information content (AvgIpc) is 3.06. The number of rotatable bonds is 20. The molecule has 14 nitrogen and oxygen atoms in total. The van der Waals surface area contributed by atoms with Crippen molar-refractivity contribution in [2.24, 2.45) is 17.0 Å². The zero-order valence-corrected chi connectivity index (χ0v) is 32.1. The second-order valence-corrected chi connectivity index (χ2v) is 14.4. The highest BCUT2D eigenvalue weighted by molar-refractivity contribution is 5.98. The summed E-state index contributed by atoms with van der Waals surface area (Å²) in [5.41, 5.74) is 7.76. The molecule has 0 spiro atoms. The number of ether oxygens (including phenoxy) is 3. The highest BCUT2D eigenvalue weighted by Gasteiger charge is 2.32. The number of hydrazine groups is 1. The van der Waals surface area contributed by atoms with E-state index in [4.69, 9.17) is 25.8 Å². The van der Waals surface area contributed by atoms with E-state index in [1.54, 1.807) is 24.1 Å². The van der Waals surface area contributed by atoms with Crippen molar-refractivity contribution in [2.75, 3.05) is 58.6 Å². The molecule has 14 heteroatoms. The summed E-state index contributed by atoms with van der Waals surface area (Å²) in [6.45, 7) is 19.3. The summed E-state index contributed by atoms with van der Waals surface area (Å²) in [7, 11) is 3.12. The first-order valence-electron chi connectivity index (χ1n) is 17.3. The first-order valence-corrected chi connectivity index (χ1v) is 17.3. The number of fused-ring (bicyclic) bond motifs is 1. The topological polar surface area (TPSA) is 191 Å². The highest BCUT2D eigenvalue weighted by Crippen LogP contribution is 2.36. The number of allylic oxidation sites excluding steroid dienone is 1. The molecular weight excluding hydrogens is 666 g/mol. The number of hydrogen-bond acceptors (Lipinski definition) is 10. The summed E-state index contributed by atoms with van der Waals surface area (Å²) in [5.74, 6) is 5.87. The number of carbonyl (C=O) groups excluding carboxylic acids is 4. The number of nitrogens with zero attached hydrogens (tertiary/aromatic N) is 2. The van der Waals surface area contributed by atoms with Gasteiger partial charge in [-0.25, -0.2) is 5.84 Å². The van der Waals surface area contributed by atoms with E-state index in [1.165, 1.54) is 12.1 Å². The third kappa shape index (κ3) is 12.6. The van der Waals surface area contributed by atoms with Crippen LogP contribution in [0.5, 0.6) is 0 Å². The molecule has 7 N–H and O–H groups in total. The predicted octanol–water partition coefficient (Wildman–Crippen LogP) is 2.87. The van der Waals surface area contributed by atoms with Gasteiger partial charge in [-0.3, -0.25) is 19.2 Å². The van der Waals surface area contributed by atoms with Gasteiger partial charge in [-0.2, -0.15) is 0 Å². The smallest absolute Gasteiger partial charge is 0.245 e. The zero-order valence-electron chi connectivity index (χ0n) is 32.1. The fraction of sp³-hybridized carbons (Fsp3) is 0.526. The fourth-order valence-electron chi connectivity index (χ4n) is 5.56. The second kappa shape index (κ2) is 19.4. The lowest BCUT2D eigenvalue weighted by Gasteiger charge is -2.36. The van der Waals surface area contributed by atoms with E-state index in [0.29, 0.717) is 46.8 Å². The van der Waals surface area contributed by atoms with Gasteiger partial charge in [-0.15, -0.1) is 0 Å². The van der Waals surface area contributed by atoms with Gasteiger partial charge in [0, 0.05) is 50.2 Å². The van der Waals surface area contributed by atoms with E-state index in [9.17, 15) is 19.2 Å². The van der Waals surface area contributed by atoms with Crippen molar-refractivity contribution < 1.29 is 33.4 Å². The SMILES string of the molecule is C=C/C1=C(C=C)/C(N)=C(/N(N)CC(C)(C)OCOCC(=O)NC)c2ccccc2N(C(=O)CCNC(=O)CC(C)(C)OCCC(C)(C)C(=O)NC)C1. The van der Waals surface area contributed by atoms with Crippen molar-refractivity contribution in [3.8, 4) is 0 Å². The highest BCUT2D eigenvalue weighted by atomic mass is 16.7. The quantitative estimate of drug-likeness (QED) is 0.0579. The molecule has 0 bridgehead atoms. The molecule has 0 aromatic heterocycles. The summed E-state index contributed by atoms with van der Waals surface area (Å²) >= 11 is 0. The van der Waals surface area contributed by atoms with Gasteiger partial charge in [0.15, 0.2) is 0 Å². The van der Waals surface area contributed by atoms with Crippen LogP contribution in [0.25, 0.3) is 5.70 Å². The van der Waals surface area contributed by atoms with Gasteiger partial charge in [-0.05, 0) is 45.8 Å². The summed E-state index contributed by atoms with van der Waals surface area (Å²) in [6.07, 6.45) is 3.80. The zero-order chi connectivity index (χ0) is 39.3. The predicted molar refractivity (Wildman–Crippen MR) is 203 cm³/mol. The minimum atomic E-state index is -0.850. The fourth-order valence-corrected chi connectivity index (χ4v) is 5.56. The molecule has 288 valence electrons. The van der Waals surface area contributed by atoms with Crippen LogP contribution in [0.1, 0.15) is 66.4 Å². The van der Waals surface area contributed by atoms with Crippen LogP contribution in [0.4, 0.5) is 5.69 Å². The molecule has 52 heavy (non-hydrogen) atoms. The number of hydrogen-bond donors (Lipinski definition) is 5. The molecule has 0 radical (unpaired) electrons. The Morgan fingerprint density at radius 1 is 0.962 bits per heavy atom. The first-order chi connectivity index (χ1) is 24.3. The Bertz CT molecular complexity index is 1530. The van der Waals surface area contributed by atoms with E-state index in [1.807, 2.05) is 65.8 Å². The largest absolute Gasteiger partial charge is 0.396 e. The van der Waals surface area contributed by atoms with Crippen molar-refractivity contribution >= 4 is 35.0 Å². The molecule has 0 atom stereocenters. The van der Waals surface area contributed by atoms with Crippen LogP contribution in [-0.2, 0) is 33.4 Å². The molecule has 4 amide bonds. The second-order valence-electron chi connectivity index (χ2n) is 14.4. The van der Waals surface area contributed by atoms with Crippen molar-refractivity contribution in [1.82, 2.24) is 21.0 Å². The van der Waals surface area contributed by atoms with Crippen LogP contribution in [0.3, 0.4) is 0 Å². The van der Waals surface area contributed by atoms with Crippen molar-refractivity contribution in [2.45, 2.75) is 72.0 Å². The number of carbonyl (C=O) groups is 4. The number of anilines is 1.